The molecule has 2 atom stereocenters. The summed E-state index contributed by atoms with van der Waals surface area (Å²) < 4.78 is 31.3. The van der Waals surface area contributed by atoms with Crippen molar-refractivity contribution in [2.24, 2.45) is 11.7 Å². The maximum absolute atomic E-state index is 12.9. The molecule has 0 spiro atoms. The number of methoxy groups -OCH3 is 1. The zero-order valence-electron chi connectivity index (χ0n) is 15.2. The van der Waals surface area contributed by atoms with Crippen molar-refractivity contribution < 1.29 is 17.9 Å². The lowest BCUT2D eigenvalue weighted by Crippen LogP contribution is -2.49. The number of nitrogens with two attached hydrogens (primary N) is 1. The van der Waals surface area contributed by atoms with Crippen LogP contribution in [-0.2, 0) is 10.0 Å². The number of carbonyl (C=O) groups excluding carboxylic acids is 1. The Morgan fingerprint density at radius 3 is 2.64 bits per heavy atom. The largest absolute Gasteiger partial charge is 0.495 e. The highest BCUT2D eigenvalue weighted by atomic mass is 32.2. The molecule has 0 saturated carbocycles. The topological polar surface area (TPSA) is 92.9 Å². The van der Waals surface area contributed by atoms with E-state index < -0.39 is 10.0 Å². The van der Waals surface area contributed by atoms with Gasteiger partial charge in [0.1, 0.15) is 10.6 Å². The Morgan fingerprint density at radius 2 is 2.08 bits per heavy atom. The van der Waals surface area contributed by atoms with Crippen LogP contribution in [0.3, 0.4) is 0 Å². The Hall–Kier alpha value is -1.64. The first-order valence-electron chi connectivity index (χ1n) is 8.34. The van der Waals surface area contributed by atoms with Crippen molar-refractivity contribution in [1.82, 2.24) is 9.21 Å². The third-order valence-corrected chi connectivity index (χ3v) is 6.52. The average Bonchev–Trinajstić information content (AvgIpc) is 2.60. The number of benzene rings is 1. The SMILES string of the molecule is COc1ccc(C(=O)N2CCC(C)CC2CN)cc1S(=O)(=O)N(C)C. The summed E-state index contributed by atoms with van der Waals surface area (Å²) in [5, 5.41) is 0. The molecule has 1 amide bonds. The van der Waals surface area contributed by atoms with Gasteiger partial charge in [0.2, 0.25) is 10.0 Å². The van der Waals surface area contributed by atoms with Crippen LogP contribution in [0.5, 0.6) is 5.75 Å². The van der Waals surface area contributed by atoms with Gasteiger partial charge in [-0.3, -0.25) is 4.79 Å². The molecule has 0 radical (unpaired) electrons. The molecule has 8 heteroatoms. The summed E-state index contributed by atoms with van der Waals surface area (Å²) in [5.74, 6) is 0.547. The standard InChI is InChI=1S/C17H27N3O4S/c1-12-7-8-20(14(9-12)11-18)17(21)13-5-6-15(24-4)16(10-13)25(22,23)19(2)3/h5-6,10,12,14H,7-9,11,18H2,1-4H3. The highest BCUT2D eigenvalue weighted by Crippen LogP contribution is 2.29. The van der Waals surface area contributed by atoms with E-state index in [0.717, 1.165) is 17.1 Å². The molecule has 0 aromatic heterocycles. The van der Waals surface area contributed by atoms with Gasteiger partial charge in [-0.2, -0.15) is 0 Å². The predicted molar refractivity (Wildman–Crippen MR) is 96.1 cm³/mol. The van der Waals surface area contributed by atoms with E-state index in [9.17, 15) is 13.2 Å². The Morgan fingerprint density at radius 1 is 1.40 bits per heavy atom. The van der Waals surface area contributed by atoms with Gasteiger partial charge in [-0.15, -0.1) is 0 Å². The first-order valence-corrected chi connectivity index (χ1v) is 9.78. The molecular formula is C17H27N3O4S. The maximum Gasteiger partial charge on any atom is 0.254 e. The Bertz CT molecular complexity index is 733. The second kappa shape index (κ2) is 7.72. The number of hydrogen-bond donors (Lipinski definition) is 1. The summed E-state index contributed by atoms with van der Waals surface area (Å²) in [4.78, 5) is 14.7. The third kappa shape index (κ3) is 3.96. The summed E-state index contributed by atoms with van der Waals surface area (Å²) >= 11 is 0. The average molecular weight is 369 g/mol. The number of rotatable bonds is 5. The fourth-order valence-corrected chi connectivity index (χ4v) is 4.19. The van der Waals surface area contributed by atoms with E-state index in [1.54, 1.807) is 11.0 Å². The lowest BCUT2D eigenvalue weighted by atomic mass is 9.92. The zero-order valence-corrected chi connectivity index (χ0v) is 16.0. The minimum absolute atomic E-state index is 0.0134. The Balaban J connectivity index is 2.41. The van der Waals surface area contributed by atoms with Gasteiger partial charge in [0.25, 0.3) is 5.91 Å². The van der Waals surface area contributed by atoms with E-state index in [4.69, 9.17) is 10.5 Å². The molecule has 1 aromatic carbocycles. The predicted octanol–water partition coefficient (Wildman–Crippen LogP) is 1.14. The van der Waals surface area contributed by atoms with E-state index in [0.29, 0.717) is 24.6 Å². The van der Waals surface area contributed by atoms with Crippen molar-refractivity contribution in [1.29, 1.82) is 0 Å². The molecule has 2 N–H and O–H groups in total. The minimum Gasteiger partial charge on any atom is -0.495 e. The van der Waals surface area contributed by atoms with Crippen LogP contribution in [0.25, 0.3) is 0 Å². The molecule has 1 aliphatic rings. The van der Waals surface area contributed by atoms with Gasteiger partial charge in [-0.05, 0) is 37.0 Å². The first-order chi connectivity index (χ1) is 11.7. The lowest BCUT2D eigenvalue weighted by molar-refractivity contribution is 0.0573. The number of likely N-dealkylation sites (tertiary alicyclic amines) is 1. The molecule has 7 nitrogen and oxygen atoms in total. The zero-order chi connectivity index (χ0) is 18.8. The molecule has 1 fully saturated rings. The van der Waals surface area contributed by atoms with E-state index in [2.05, 4.69) is 6.92 Å². The molecule has 140 valence electrons. The Labute approximate surface area is 149 Å². The van der Waals surface area contributed by atoms with Gasteiger partial charge < -0.3 is 15.4 Å². The Kier molecular flexibility index (Phi) is 6.08. The molecule has 2 unspecified atom stereocenters. The van der Waals surface area contributed by atoms with Crippen molar-refractivity contribution in [2.75, 3.05) is 34.3 Å². The molecule has 25 heavy (non-hydrogen) atoms. The van der Waals surface area contributed by atoms with Crippen molar-refractivity contribution in [3.63, 3.8) is 0 Å². The number of piperidine rings is 1. The highest BCUT2D eigenvalue weighted by molar-refractivity contribution is 7.89. The van der Waals surface area contributed by atoms with E-state index in [1.807, 2.05) is 0 Å². The second-order valence-electron chi connectivity index (χ2n) is 6.67. The summed E-state index contributed by atoms with van der Waals surface area (Å²) in [7, 11) is 0.572. The van der Waals surface area contributed by atoms with Crippen LogP contribution in [-0.4, -0.2) is 63.9 Å². The van der Waals surface area contributed by atoms with E-state index in [1.165, 1.54) is 33.3 Å². The van der Waals surface area contributed by atoms with Gasteiger partial charge in [0, 0.05) is 38.8 Å². The van der Waals surface area contributed by atoms with Crippen molar-refractivity contribution in [2.45, 2.75) is 30.7 Å². The maximum atomic E-state index is 12.9. The van der Waals surface area contributed by atoms with E-state index >= 15 is 0 Å². The van der Waals surface area contributed by atoms with Gasteiger partial charge in [-0.1, -0.05) is 6.92 Å². The molecule has 2 rings (SSSR count). The molecule has 1 aliphatic heterocycles. The lowest BCUT2D eigenvalue weighted by Gasteiger charge is -2.38. The normalized spacial score (nSPS) is 21.4. The quantitative estimate of drug-likeness (QED) is 0.840. The van der Waals surface area contributed by atoms with Crippen molar-refractivity contribution in [3.05, 3.63) is 23.8 Å². The molecule has 0 aliphatic carbocycles. The minimum atomic E-state index is -3.72. The summed E-state index contributed by atoms with van der Waals surface area (Å²) in [6.45, 7) is 3.18. The van der Waals surface area contributed by atoms with Crippen LogP contribution >= 0.6 is 0 Å². The fourth-order valence-electron chi connectivity index (χ4n) is 3.12. The van der Waals surface area contributed by atoms with Crippen LogP contribution in [0.2, 0.25) is 0 Å². The molecule has 1 heterocycles. The van der Waals surface area contributed by atoms with Crippen LogP contribution in [0.15, 0.2) is 23.1 Å². The number of hydrogen-bond acceptors (Lipinski definition) is 5. The molecule has 0 bridgehead atoms. The first kappa shape index (κ1) is 19.7. The number of nitrogens with zero attached hydrogens (tertiary/aromatic N) is 2. The number of sulfonamides is 1. The van der Waals surface area contributed by atoms with Gasteiger partial charge in [-0.25, -0.2) is 12.7 Å². The summed E-state index contributed by atoms with van der Waals surface area (Å²) in [6, 6.07) is 4.49. The van der Waals surface area contributed by atoms with E-state index in [-0.39, 0.29) is 22.6 Å². The smallest absolute Gasteiger partial charge is 0.254 e. The van der Waals surface area contributed by atoms with Gasteiger partial charge in [0.05, 0.1) is 7.11 Å². The molecule has 1 aromatic rings. The number of amides is 1. The van der Waals surface area contributed by atoms with Gasteiger partial charge in [0.15, 0.2) is 0 Å². The van der Waals surface area contributed by atoms with Crippen molar-refractivity contribution >= 4 is 15.9 Å². The molecule has 1 saturated heterocycles. The van der Waals surface area contributed by atoms with Gasteiger partial charge >= 0.3 is 0 Å². The van der Waals surface area contributed by atoms with Crippen molar-refractivity contribution in [3.8, 4) is 5.75 Å². The fraction of sp³-hybridized carbons (Fsp3) is 0.588. The number of carbonyl (C=O) groups is 1. The van der Waals surface area contributed by atoms with Crippen LogP contribution in [0.4, 0.5) is 0 Å². The highest BCUT2D eigenvalue weighted by Gasteiger charge is 2.31. The number of ether oxygens (including phenoxy) is 1. The second-order valence-corrected chi connectivity index (χ2v) is 8.79. The summed E-state index contributed by atoms with van der Waals surface area (Å²) in [6.07, 6.45) is 1.78. The molecular weight excluding hydrogens is 342 g/mol. The monoisotopic (exact) mass is 369 g/mol. The van der Waals surface area contributed by atoms with Crippen LogP contribution in [0, 0.1) is 5.92 Å². The third-order valence-electron chi connectivity index (χ3n) is 4.68. The van der Waals surface area contributed by atoms with Crippen LogP contribution < -0.4 is 10.5 Å². The summed E-state index contributed by atoms with van der Waals surface area (Å²) in [5.41, 5.74) is 6.17. The van der Waals surface area contributed by atoms with Crippen LogP contribution in [0.1, 0.15) is 30.1 Å².